The summed E-state index contributed by atoms with van der Waals surface area (Å²) in [7, 11) is 0. The number of hydrogen-bond donors (Lipinski definition) is 1. The van der Waals surface area contributed by atoms with Crippen molar-refractivity contribution in [3.05, 3.63) is 45.4 Å². The quantitative estimate of drug-likeness (QED) is 0.839. The number of aryl methyl sites for hydroxylation is 1. The molecule has 0 saturated heterocycles. The summed E-state index contributed by atoms with van der Waals surface area (Å²) in [5, 5.41) is 8.64. The predicted octanol–water partition coefficient (Wildman–Crippen LogP) is 4.04. The maximum atomic E-state index is 6.28. The molecule has 2 rings (SSSR count). The van der Waals surface area contributed by atoms with Gasteiger partial charge in [0.15, 0.2) is 0 Å². The van der Waals surface area contributed by atoms with Crippen LogP contribution in [0.4, 0.5) is 0 Å². The highest BCUT2D eigenvalue weighted by Gasteiger charge is 2.19. The van der Waals surface area contributed by atoms with Crippen molar-refractivity contribution in [2.75, 3.05) is 6.54 Å². The maximum Gasteiger partial charge on any atom is 0.0801 e. The molecule has 3 nitrogen and oxygen atoms in total. The Morgan fingerprint density at radius 1 is 1.30 bits per heavy atom. The third-order valence-electron chi connectivity index (χ3n) is 3.26. The molecule has 108 valence electrons. The zero-order chi connectivity index (χ0) is 14.4. The second kappa shape index (κ2) is 7.72. The summed E-state index contributed by atoms with van der Waals surface area (Å²) in [5.41, 5.74) is 2.26. The minimum atomic E-state index is 0.241. The monoisotopic (exact) mass is 309 g/mol. The van der Waals surface area contributed by atoms with E-state index < -0.39 is 0 Å². The molecule has 1 aromatic carbocycles. The van der Waals surface area contributed by atoms with Crippen molar-refractivity contribution in [1.29, 1.82) is 0 Å². The zero-order valence-corrected chi connectivity index (χ0v) is 13.5. The van der Waals surface area contributed by atoms with E-state index in [1.807, 2.05) is 18.2 Å². The Kier molecular flexibility index (Phi) is 5.95. The lowest BCUT2D eigenvalue weighted by molar-refractivity contribution is 0.532. The predicted molar refractivity (Wildman–Crippen MR) is 85.5 cm³/mol. The topological polar surface area (TPSA) is 37.8 Å². The standard InChI is InChI=1S/C15H20ClN3S/c1-3-9-17-14(15-13(4-2)18-19-20-15)10-11-7-5-6-8-12(11)16/h5-8,14,17H,3-4,9-10H2,1-2H3. The smallest absolute Gasteiger partial charge is 0.0801 e. The summed E-state index contributed by atoms with van der Waals surface area (Å²) < 4.78 is 4.10. The average Bonchev–Trinajstić information content (AvgIpc) is 2.93. The van der Waals surface area contributed by atoms with Crippen LogP contribution in [-0.4, -0.2) is 16.1 Å². The van der Waals surface area contributed by atoms with E-state index in [0.29, 0.717) is 0 Å². The van der Waals surface area contributed by atoms with E-state index in [1.54, 1.807) is 0 Å². The minimum absolute atomic E-state index is 0.241. The molecule has 0 radical (unpaired) electrons. The van der Waals surface area contributed by atoms with Gasteiger partial charge in [0.1, 0.15) is 0 Å². The van der Waals surface area contributed by atoms with Gasteiger partial charge >= 0.3 is 0 Å². The van der Waals surface area contributed by atoms with Gasteiger partial charge in [-0.3, -0.25) is 0 Å². The van der Waals surface area contributed by atoms with Gasteiger partial charge < -0.3 is 5.32 Å². The summed E-state index contributed by atoms with van der Waals surface area (Å²) in [6.45, 7) is 5.27. The Bertz CT molecular complexity index is 541. The first-order valence-corrected chi connectivity index (χ1v) is 8.19. The molecule has 2 aromatic rings. The molecular weight excluding hydrogens is 290 g/mol. The molecule has 0 spiro atoms. The van der Waals surface area contributed by atoms with E-state index in [2.05, 4.69) is 34.8 Å². The van der Waals surface area contributed by atoms with Crippen LogP contribution in [0.15, 0.2) is 24.3 Å². The van der Waals surface area contributed by atoms with Gasteiger partial charge in [0, 0.05) is 11.1 Å². The highest BCUT2D eigenvalue weighted by molar-refractivity contribution is 7.05. The van der Waals surface area contributed by atoms with Gasteiger partial charge in [-0.1, -0.05) is 48.1 Å². The van der Waals surface area contributed by atoms with Crippen LogP contribution in [0.1, 0.15) is 42.4 Å². The van der Waals surface area contributed by atoms with Crippen LogP contribution in [0, 0.1) is 0 Å². The van der Waals surface area contributed by atoms with E-state index in [-0.39, 0.29) is 6.04 Å². The Hall–Kier alpha value is -0.970. The Morgan fingerprint density at radius 2 is 2.10 bits per heavy atom. The van der Waals surface area contributed by atoms with Crippen LogP contribution in [0.5, 0.6) is 0 Å². The number of nitrogens with one attached hydrogen (secondary N) is 1. The Balaban J connectivity index is 2.22. The van der Waals surface area contributed by atoms with Crippen LogP contribution in [0.2, 0.25) is 5.02 Å². The minimum Gasteiger partial charge on any atom is -0.309 e. The SMILES string of the molecule is CCCNC(Cc1ccccc1Cl)c1snnc1CC. The highest BCUT2D eigenvalue weighted by atomic mass is 35.5. The number of nitrogens with zero attached hydrogens (tertiary/aromatic N) is 2. The molecule has 1 atom stereocenters. The summed E-state index contributed by atoms with van der Waals surface area (Å²) in [4.78, 5) is 1.24. The van der Waals surface area contributed by atoms with Crippen molar-refractivity contribution in [3.63, 3.8) is 0 Å². The number of benzene rings is 1. The fourth-order valence-electron chi connectivity index (χ4n) is 2.19. The molecular formula is C15H20ClN3S. The van der Waals surface area contributed by atoms with Gasteiger partial charge in [-0.15, -0.1) is 5.10 Å². The van der Waals surface area contributed by atoms with Crippen molar-refractivity contribution in [1.82, 2.24) is 14.9 Å². The van der Waals surface area contributed by atoms with E-state index in [4.69, 9.17) is 11.6 Å². The van der Waals surface area contributed by atoms with Crippen molar-refractivity contribution in [2.24, 2.45) is 0 Å². The summed E-state index contributed by atoms with van der Waals surface area (Å²) in [5.74, 6) is 0. The molecule has 0 aliphatic rings. The van der Waals surface area contributed by atoms with Gasteiger partial charge in [-0.2, -0.15) is 0 Å². The lowest BCUT2D eigenvalue weighted by Gasteiger charge is -2.18. The van der Waals surface area contributed by atoms with Crippen LogP contribution >= 0.6 is 23.1 Å². The van der Waals surface area contributed by atoms with E-state index in [9.17, 15) is 0 Å². The molecule has 1 heterocycles. The molecule has 1 N–H and O–H groups in total. The van der Waals surface area contributed by atoms with E-state index in [0.717, 1.165) is 36.5 Å². The van der Waals surface area contributed by atoms with Crippen LogP contribution in [0.3, 0.4) is 0 Å². The lowest BCUT2D eigenvalue weighted by atomic mass is 10.0. The molecule has 0 aliphatic heterocycles. The second-order valence-corrected chi connectivity index (χ2v) is 5.93. The average molecular weight is 310 g/mol. The van der Waals surface area contributed by atoms with Crippen molar-refractivity contribution >= 4 is 23.1 Å². The van der Waals surface area contributed by atoms with Gasteiger partial charge in [0.05, 0.1) is 10.6 Å². The van der Waals surface area contributed by atoms with Gasteiger partial charge in [-0.25, -0.2) is 0 Å². The van der Waals surface area contributed by atoms with Crippen molar-refractivity contribution in [2.45, 2.75) is 39.2 Å². The van der Waals surface area contributed by atoms with E-state index in [1.165, 1.54) is 22.0 Å². The number of halogens is 1. The third kappa shape index (κ3) is 3.78. The highest BCUT2D eigenvalue weighted by Crippen LogP contribution is 2.27. The number of rotatable bonds is 7. The first-order valence-electron chi connectivity index (χ1n) is 7.04. The summed E-state index contributed by atoms with van der Waals surface area (Å²) in [6.07, 6.45) is 2.89. The maximum absolute atomic E-state index is 6.28. The lowest BCUT2D eigenvalue weighted by Crippen LogP contribution is -2.24. The first kappa shape index (κ1) is 15.4. The second-order valence-electron chi connectivity index (χ2n) is 4.74. The zero-order valence-electron chi connectivity index (χ0n) is 11.9. The van der Waals surface area contributed by atoms with Crippen molar-refractivity contribution in [3.8, 4) is 0 Å². The fourth-order valence-corrected chi connectivity index (χ4v) is 3.21. The van der Waals surface area contributed by atoms with Gasteiger partial charge in [0.25, 0.3) is 0 Å². The third-order valence-corrected chi connectivity index (χ3v) is 4.51. The van der Waals surface area contributed by atoms with Crippen molar-refractivity contribution < 1.29 is 0 Å². The Morgan fingerprint density at radius 3 is 2.80 bits per heavy atom. The molecule has 0 amide bonds. The molecule has 20 heavy (non-hydrogen) atoms. The molecule has 0 fully saturated rings. The number of aromatic nitrogens is 2. The van der Waals surface area contributed by atoms with E-state index >= 15 is 0 Å². The Labute approximate surface area is 129 Å². The largest absolute Gasteiger partial charge is 0.309 e. The normalized spacial score (nSPS) is 12.6. The van der Waals surface area contributed by atoms with Crippen LogP contribution in [0.25, 0.3) is 0 Å². The molecule has 5 heteroatoms. The molecule has 1 unspecified atom stereocenters. The first-order chi connectivity index (χ1) is 9.76. The molecule has 0 bridgehead atoms. The van der Waals surface area contributed by atoms with Crippen LogP contribution in [-0.2, 0) is 12.8 Å². The van der Waals surface area contributed by atoms with Gasteiger partial charge in [0.2, 0.25) is 0 Å². The molecule has 0 saturated carbocycles. The summed E-state index contributed by atoms with van der Waals surface area (Å²) in [6, 6.07) is 8.27. The number of hydrogen-bond acceptors (Lipinski definition) is 4. The van der Waals surface area contributed by atoms with Gasteiger partial charge in [-0.05, 0) is 49.0 Å². The fraction of sp³-hybridized carbons (Fsp3) is 0.467. The van der Waals surface area contributed by atoms with Crippen LogP contribution < -0.4 is 5.32 Å². The molecule has 1 aromatic heterocycles. The summed E-state index contributed by atoms with van der Waals surface area (Å²) >= 11 is 7.77. The molecule has 0 aliphatic carbocycles.